The number of hydrogen-bond acceptors (Lipinski definition) is 2. The van der Waals surface area contributed by atoms with E-state index >= 15 is 0 Å². The van der Waals surface area contributed by atoms with E-state index in [2.05, 4.69) is 18.8 Å². The van der Waals surface area contributed by atoms with Crippen molar-refractivity contribution in [3.8, 4) is 0 Å². The lowest BCUT2D eigenvalue weighted by atomic mass is 10.0. The van der Waals surface area contributed by atoms with E-state index in [4.69, 9.17) is 5.73 Å². The smallest absolute Gasteiger partial charge is 0.144 e. The highest BCUT2D eigenvalue weighted by Crippen LogP contribution is 2.64. The minimum atomic E-state index is -0.207. The lowest BCUT2D eigenvalue weighted by molar-refractivity contribution is 0.550. The zero-order chi connectivity index (χ0) is 10.3. The topological polar surface area (TPSA) is 38.9 Å². The van der Waals surface area contributed by atoms with Gasteiger partial charge < -0.3 is 5.73 Å². The van der Waals surface area contributed by atoms with Gasteiger partial charge in [-0.2, -0.15) is 0 Å². The molecule has 1 saturated carbocycles. The maximum absolute atomic E-state index is 13.4. The Kier molecular flexibility index (Phi) is 2.07. The van der Waals surface area contributed by atoms with Gasteiger partial charge in [0.25, 0.3) is 0 Å². The van der Waals surface area contributed by atoms with E-state index in [9.17, 15) is 4.39 Å². The molecule has 14 heavy (non-hydrogen) atoms. The molecule has 1 aromatic heterocycles. The van der Waals surface area contributed by atoms with Crippen molar-refractivity contribution in [2.45, 2.75) is 19.8 Å². The van der Waals surface area contributed by atoms with Gasteiger partial charge in [0.2, 0.25) is 0 Å². The second-order valence-corrected chi connectivity index (χ2v) is 4.54. The molecule has 76 valence electrons. The number of halogens is 1. The van der Waals surface area contributed by atoms with Gasteiger partial charge >= 0.3 is 0 Å². The third-order valence-electron chi connectivity index (χ3n) is 3.44. The number of nitrogens with zero attached hydrogens (tertiary/aromatic N) is 1. The van der Waals surface area contributed by atoms with Crippen molar-refractivity contribution in [2.75, 3.05) is 6.54 Å². The summed E-state index contributed by atoms with van der Waals surface area (Å²) in [7, 11) is 0. The largest absolute Gasteiger partial charge is 0.330 e. The van der Waals surface area contributed by atoms with Crippen molar-refractivity contribution < 1.29 is 4.39 Å². The van der Waals surface area contributed by atoms with E-state index in [0.29, 0.717) is 12.5 Å². The molecule has 1 fully saturated rings. The number of pyridine rings is 1. The van der Waals surface area contributed by atoms with Gasteiger partial charge in [0, 0.05) is 6.20 Å². The van der Waals surface area contributed by atoms with Crippen LogP contribution in [0.4, 0.5) is 4.39 Å². The van der Waals surface area contributed by atoms with Crippen molar-refractivity contribution in [1.29, 1.82) is 0 Å². The number of hydrogen-bond donors (Lipinski definition) is 1. The lowest BCUT2D eigenvalue weighted by Crippen LogP contribution is -2.05. The van der Waals surface area contributed by atoms with Gasteiger partial charge in [-0.1, -0.05) is 13.8 Å². The molecule has 2 atom stereocenters. The summed E-state index contributed by atoms with van der Waals surface area (Å²) in [6.07, 6.45) is 2.91. The molecule has 0 unspecified atom stereocenters. The molecule has 0 bridgehead atoms. The van der Waals surface area contributed by atoms with Crippen LogP contribution in [0.3, 0.4) is 0 Å². The molecule has 0 aromatic carbocycles. The Balaban J connectivity index is 2.31. The number of rotatable bonds is 2. The molecule has 2 rings (SSSR count). The minimum absolute atomic E-state index is 0.136. The van der Waals surface area contributed by atoms with Crippen LogP contribution in [0.25, 0.3) is 0 Å². The number of nitrogens with two attached hydrogens (primary N) is 1. The highest BCUT2D eigenvalue weighted by Gasteiger charge is 2.57. The Morgan fingerprint density at radius 3 is 2.79 bits per heavy atom. The Morgan fingerprint density at radius 1 is 1.57 bits per heavy atom. The van der Waals surface area contributed by atoms with Gasteiger partial charge in [-0.05, 0) is 35.4 Å². The van der Waals surface area contributed by atoms with Crippen LogP contribution in [-0.4, -0.2) is 11.5 Å². The Hall–Kier alpha value is -0.960. The molecular formula is C11H15FN2. The fourth-order valence-electron chi connectivity index (χ4n) is 2.44. The van der Waals surface area contributed by atoms with Crippen LogP contribution in [0.15, 0.2) is 18.5 Å². The normalized spacial score (nSPS) is 28.9. The standard InChI is InChI=1S/C11H15FN2/c1-11(2)8(5-13)10(11)7-3-4-14-6-9(7)12/h3-4,6,8,10H,5,13H2,1-2H3/t8-,10-/m0/s1. The average molecular weight is 194 g/mol. The molecule has 0 aliphatic heterocycles. The van der Waals surface area contributed by atoms with E-state index in [-0.39, 0.29) is 17.2 Å². The summed E-state index contributed by atoms with van der Waals surface area (Å²) < 4.78 is 13.4. The fraction of sp³-hybridized carbons (Fsp3) is 0.545. The SMILES string of the molecule is CC1(C)[C@@H](CN)[C@@H]1c1ccncc1F. The first-order chi connectivity index (χ1) is 6.59. The molecule has 2 nitrogen and oxygen atoms in total. The lowest BCUT2D eigenvalue weighted by Gasteiger charge is -2.03. The molecular weight excluding hydrogens is 179 g/mol. The van der Waals surface area contributed by atoms with Crippen molar-refractivity contribution in [1.82, 2.24) is 4.98 Å². The Labute approximate surface area is 83.3 Å². The van der Waals surface area contributed by atoms with Gasteiger partial charge in [0.1, 0.15) is 5.82 Å². The maximum Gasteiger partial charge on any atom is 0.144 e. The van der Waals surface area contributed by atoms with E-state index < -0.39 is 0 Å². The highest BCUT2D eigenvalue weighted by atomic mass is 19.1. The first kappa shape index (κ1) is 9.59. The second kappa shape index (κ2) is 3.02. The molecule has 2 N–H and O–H groups in total. The maximum atomic E-state index is 13.4. The summed E-state index contributed by atoms with van der Waals surface area (Å²) in [5.74, 6) is 0.455. The summed E-state index contributed by atoms with van der Waals surface area (Å²) in [6, 6.07) is 1.76. The van der Waals surface area contributed by atoms with Gasteiger partial charge in [-0.3, -0.25) is 4.98 Å². The predicted molar refractivity (Wildman–Crippen MR) is 53.3 cm³/mol. The van der Waals surface area contributed by atoms with Crippen LogP contribution in [0.2, 0.25) is 0 Å². The second-order valence-electron chi connectivity index (χ2n) is 4.54. The predicted octanol–water partition coefficient (Wildman–Crippen LogP) is 1.92. The van der Waals surface area contributed by atoms with Crippen LogP contribution >= 0.6 is 0 Å². The fourth-order valence-corrected chi connectivity index (χ4v) is 2.44. The third kappa shape index (κ3) is 1.23. The Morgan fingerprint density at radius 2 is 2.29 bits per heavy atom. The quantitative estimate of drug-likeness (QED) is 0.781. The molecule has 0 spiro atoms. The first-order valence-corrected chi connectivity index (χ1v) is 4.88. The zero-order valence-electron chi connectivity index (χ0n) is 8.50. The van der Waals surface area contributed by atoms with Crippen LogP contribution < -0.4 is 5.73 Å². The van der Waals surface area contributed by atoms with Crippen LogP contribution in [0.5, 0.6) is 0 Å². The van der Waals surface area contributed by atoms with Gasteiger partial charge in [0.15, 0.2) is 0 Å². The highest BCUT2D eigenvalue weighted by molar-refractivity contribution is 5.31. The summed E-state index contributed by atoms with van der Waals surface area (Å²) in [5, 5.41) is 0. The van der Waals surface area contributed by atoms with Crippen molar-refractivity contribution in [2.24, 2.45) is 17.1 Å². The van der Waals surface area contributed by atoms with E-state index in [0.717, 1.165) is 5.56 Å². The molecule has 3 heteroatoms. The molecule has 0 saturated heterocycles. The van der Waals surface area contributed by atoms with E-state index in [1.807, 2.05) is 0 Å². The molecule has 0 amide bonds. The summed E-state index contributed by atoms with van der Waals surface area (Å²) in [4.78, 5) is 3.75. The zero-order valence-corrected chi connectivity index (χ0v) is 8.50. The minimum Gasteiger partial charge on any atom is -0.330 e. The van der Waals surface area contributed by atoms with Crippen molar-refractivity contribution in [3.05, 3.63) is 29.8 Å². The monoisotopic (exact) mass is 194 g/mol. The van der Waals surface area contributed by atoms with Crippen molar-refractivity contribution >= 4 is 0 Å². The average Bonchev–Trinajstić information content (AvgIpc) is 2.69. The molecule has 1 heterocycles. The summed E-state index contributed by atoms with van der Waals surface area (Å²) in [6.45, 7) is 4.89. The van der Waals surface area contributed by atoms with Crippen molar-refractivity contribution in [3.63, 3.8) is 0 Å². The van der Waals surface area contributed by atoms with Crippen LogP contribution in [-0.2, 0) is 0 Å². The van der Waals surface area contributed by atoms with E-state index in [1.54, 1.807) is 12.3 Å². The molecule has 1 aromatic rings. The van der Waals surface area contributed by atoms with Crippen LogP contribution in [0, 0.1) is 17.2 Å². The molecule has 1 aliphatic carbocycles. The van der Waals surface area contributed by atoms with Gasteiger partial charge in [0.05, 0.1) is 6.20 Å². The first-order valence-electron chi connectivity index (χ1n) is 4.88. The summed E-state index contributed by atoms with van der Waals surface area (Å²) in [5.41, 5.74) is 6.55. The number of aromatic nitrogens is 1. The molecule has 0 radical (unpaired) electrons. The van der Waals surface area contributed by atoms with E-state index in [1.165, 1.54) is 6.20 Å². The van der Waals surface area contributed by atoms with Gasteiger partial charge in [-0.15, -0.1) is 0 Å². The van der Waals surface area contributed by atoms with Gasteiger partial charge in [-0.25, -0.2) is 4.39 Å². The van der Waals surface area contributed by atoms with Crippen LogP contribution in [0.1, 0.15) is 25.3 Å². The Bertz CT molecular complexity index is 349. The summed E-state index contributed by atoms with van der Waals surface area (Å²) >= 11 is 0. The molecule has 1 aliphatic rings. The third-order valence-corrected chi connectivity index (χ3v) is 3.44.